The van der Waals surface area contributed by atoms with Gasteiger partial charge in [-0.25, -0.2) is 4.98 Å². The van der Waals surface area contributed by atoms with Gasteiger partial charge in [-0.15, -0.1) is 0 Å². The molecule has 1 saturated heterocycles. The van der Waals surface area contributed by atoms with Gasteiger partial charge in [0, 0.05) is 25.8 Å². The molecule has 0 aromatic carbocycles. The Morgan fingerprint density at radius 2 is 2.32 bits per heavy atom. The van der Waals surface area contributed by atoms with Crippen molar-refractivity contribution >= 4 is 29.1 Å². The third kappa shape index (κ3) is 3.38. The summed E-state index contributed by atoms with van der Waals surface area (Å²) in [7, 11) is 3.90. The number of likely N-dealkylation sites (tertiary alicyclic amines) is 1. The van der Waals surface area contributed by atoms with E-state index in [1.54, 1.807) is 18.0 Å². The Labute approximate surface area is 123 Å². The molecule has 4 nitrogen and oxygen atoms in total. The number of hydrogen-bond acceptors (Lipinski definition) is 3. The molecule has 1 fully saturated rings. The highest BCUT2D eigenvalue weighted by Crippen LogP contribution is 2.21. The molecule has 1 aromatic rings. The van der Waals surface area contributed by atoms with Crippen molar-refractivity contribution < 1.29 is 4.79 Å². The molecular weight excluding hydrogens is 285 g/mol. The number of rotatable bonds is 3. The first kappa shape index (κ1) is 14.6. The molecule has 2 rings (SSSR count). The van der Waals surface area contributed by atoms with Crippen LogP contribution in [0.3, 0.4) is 0 Å². The van der Waals surface area contributed by atoms with E-state index < -0.39 is 0 Å². The Balaban J connectivity index is 2.03. The maximum atomic E-state index is 12.3. The predicted molar refractivity (Wildman–Crippen MR) is 76.9 cm³/mol. The second-order valence-corrected chi connectivity index (χ2v) is 5.72. The van der Waals surface area contributed by atoms with Gasteiger partial charge in [-0.05, 0) is 32.5 Å². The van der Waals surface area contributed by atoms with E-state index in [0.29, 0.717) is 16.6 Å². The summed E-state index contributed by atoms with van der Waals surface area (Å²) in [5, 5.41) is 0.523. The Kier molecular flexibility index (Phi) is 4.66. The zero-order valence-electron chi connectivity index (χ0n) is 11.1. The number of likely N-dealkylation sites (N-methyl/N-ethyl adjacent to an activating group) is 2. The monoisotopic (exact) mass is 301 g/mol. The maximum absolute atomic E-state index is 12.3. The van der Waals surface area contributed by atoms with Crippen LogP contribution in [0.15, 0.2) is 12.3 Å². The van der Waals surface area contributed by atoms with E-state index in [1.807, 2.05) is 0 Å². The Hall–Kier alpha value is -0.840. The largest absolute Gasteiger partial charge is 0.340 e. The van der Waals surface area contributed by atoms with Gasteiger partial charge in [-0.1, -0.05) is 23.2 Å². The summed E-state index contributed by atoms with van der Waals surface area (Å²) in [6, 6.07) is 2.00. The van der Waals surface area contributed by atoms with Gasteiger partial charge in [0.25, 0.3) is 5.91 Å². The number of carbonyl (C=O) groups is 1. The number of hydrogen-bond donors (Lipinski definition) is 0. The van der Waals surface area contributed by atoms with Gasteiger partial charge >= 0.3 is 0 Å². The van der Waals surface area contributed by atoms with Gasteiger partial charge in [0.05, 0.1) is 10.6 Å². The standard InChI is InChI=1S/C13H17Cl2N3O/c1-17-5-3-4-10(17)8-18(2)13(19)9-6-11(14)12(15)16-7-9/h6-7,10H,3-5,8H2,1-2H3. The highest BCUT2D eigenvalue weighted by molar-refractivity contribution is 6.41. The fourth-order valence-electron chi connectivity index (χ4n) is 2.37. The van der Waals surface area contributed by atoms with Crippen LogP contribution in [-0.2, 0) is 0 Å². The van der Waals surface area contributed by atoms with Gasteiger partial charge < -0.3 is 9.80 Å². The van der Waals surface area contributed by atoms with E-state index in [-0.39, 0.29) is 11.1 Å². The Bertz CT molecular complexity index is 481. The van der Waals surface area contributed by atoms with Crippen LogP contribution >= 0.6 is 23.2 Å². The third-order valence-electron chi connectivity index (χ3n) is 3.55. The molecule has 1 unspecified atom stereocenters. The van der Waals surface area contributed by atoms with Crippen molar-refractivity contribution in [2.45, 2.75) is 18.9 Å². The summed E-state index contributed by atoms with van der Waals surface area (Å²) in [4.78, 5) is 20.2. The molecule has 0 N–H and O–H groups in total. The average molecular weight is 302 g/mol. The lowest BCUT2D eigenvalue weighted by Gasteiger charge is -2.25. The first-order valence-corrected chi connectivity index (χ1v) is 7.01. The number of amides is 1. The summed E-state index contributed by atoms with van der Waals surface area (Å²) in [6.45, 7) is 1.82. The fraction of sp³-hybridized carbons (Fsp3) is 0.538. The lowest BCUT2D eigenvalue weighted by molar-refractivity contribution is 0.0761. The summed E-state index contributed by atoms with van der Waals surface area (Å²) >= 11 is 11.6. The van der Waals surface area contributed by atoms with Crippen molar-refractivity contribution in [1.82, 2.24) is 14.8 Å². The van der Waals surface area contributed by atoms with E-state index >= 15 is 0 Å². The molecule has 0 saturated carbocycles. The number of pyridine rings is 1. The van der Waals surface area contributed by atoms with Crippen molar-refractivity contribution in [3.05, 3.63) is 28.0 Å². The maximum Gasteiger partial charge on any atom is 0.255 e. The van der Waals surface area contributed by atoms with Crippen LogP contribution in [0.2, 0.25) is 10.2 Å². The zero-order chi connectivity index (χ0) is 14.0. The van der Waals surface area contributed by atoms with Gasteiger partial charge in [0.1, 0.15) is 5.15 Å². The number of halogens is 2. The lowest BCUT2D eigenvalue weighted by Crippen LogP contribution is -2.39. The van der Waals surface area contributed by atoms with Crippen LogP contribution < -0.4 is 0 Å². The normalized spacial score (nSPS) is 19.7. The average Bonchev–Trinajstić information content (AvgIpc) is 2.77. The minimum atomic E-state index is -0.0774. The Morgan fingerprint density at radius 3 is 2.89 bits per heavy atom. The minimum Gasteiger partial charge on any atom is -0.340 e. The lowest BCUT2D eigenvalue weighted by atomic mass is 10.2. The second-order valence-electron chi connectivity index (χ2n) is 4.96. The molecule has 6 heteroatoms. The number of aromatic nitrogens is 1. The minimum absolute atomic E-state index is 0.0774. The molecule has 1 aliphatic rings. The third-order valence-corrected chi connectivity index (χ3v) is 4.23. The van der Waals surface area contributed by atoms with Crippen molar-refractivity contribution in [2.24, 2.45) is 0 Å². The molecule has 19 heavy (non-hydrogen) atoms. The molecule has 0 radical (unpaired) electrons. The molecule has 1 atom stereocenters. The van der Waals surface area contributed by atoms with Crippen molar-refractivity contribution in [2.75, 3.05) is 27.2 Å². The number of nitrogens with zero attached hydrogens (tertiary/aromatic N) is 3. The van der Waals surface area contributed by atoms with Crippen LogP contribution in [-0.4, -0.2) is 53.9 Å². The van der Waals surface area contributed by atoms with E-state index in [9.17, 15) is 4.79 Å². The van der Waals surface area contributed by atoms with Gasteiger partial charge in [-0.3, -0.25) is 4.79 Å². The van der Waals surface area contributed by atoms with E-state index in [0.717, 1.165) is 19.5 Å². The molecule has 1 amide bonds. The van der Waals surface area contributed by atoms with E-state index in [4.69, 9.17) is 23.2 Å². The van der Waals surface area contributed by atoms with Gasteiger partial charge in [0.2, 0.25) is 0 Å². The molecular formula is C13H17Cl2N3O. The molecule has 2 heterocycles. The zero-order valence-corrected chi connectivity index (χ0v) is 12.6. The van der Waals surface area contributed by atoms with Crippen molar-refractivity contribution in [1.29, 1.82) is 0 Å². The van der Waals surface area contributed by atoms with Crippen LogP contribution in [0.1, 0.15) is 23.2 Å². The molecule has 104 valence electrons. The van der Waals surface area contributed by atoms with Gasteiger partial charge in [-0.2, -0.15) is 0 Å². The quantitative estimate of drug-likeness (QED) is 0.805. The first-order chi connectivity index (χ1) is 8.99. The molecule has 0 aliphatic carbocycles. The number of carbonyl (C=O) groups excluding carboxylic acids is 1. The topological polar surface area (TPSA) is 36.4 Å². The highest BCUT2D eigenvalue weighted by atomic mass is 35.5. The smallest absolute Gasteiger partial charge is 0.255 e. The van der Waals surface area contributed by atoms with E-state index in [2.05, 4.69) is 16.9 Å². The predicted octanol–water partition coefficient (Wildman–Crippen LogP) is 2.55. The first-order valence-electron chi connectivity index (χ1n) is 6.26. The Morgan fingerprint density at radius 1 is 1.58 bits per heavy atom. The fourth-order valence-corrected chi connectivity index (χ4v) is 2.64. The SMILES string of the molecule is CN(CC1CCCN1C)C(=O)c1cnc(Cl)c(Cl)c1. The summed E-state index contributed by atoms with van der Waals surface area (Å²) < 4.78 is 0. The van der Waals surface area contributed by atoms with Crippen LogP contribution in [0.25, 0.3) is 0 Å². The highest BCUT2D eigenvalue weighted by Gasteiger charge is 2.24. The summed E-state index contributed by atoms with van der Waals surface area (Å²) in [5.41, 5.74) is 0.470. The van der Waals surface area contributed by atoms with Crippen molar-refractivity contribution in [3.63, 3.8) is 0 Å². The molecule has 1 aliphatic heterocycles. The molecule has 1 aromatic heterocycles. The molecule has 0 spiro atoms. The van der Waals surface area contributed by atoms with Crippen LogP contribution in [0.4, 0.5) is 0 Å². The second kappa shape index (κ2) is 6.07. The van der Waals surface area contributed by atoms with Crippen LogP contribution in [0.5, 0.6) is 0 Å². The van der Waals surface area contributed by atoms with Crippen molar-refractivity contribution in [3.8, 4) is 0 Å². The van der Waals surface area contributed by atoms with Gasteiger partial charge in [0.15, 0.2) is 0 Å². The van der Waals surface area contributed by atoms with E-state index in [1.165, 1.54) is 12.6 Å². The summed E-state index contributed by atoms with van der Waals surface area (Å²) in [6.07, 6.45) is 3.79. The summed E-state index contributed by atoms with van der Waals surface area (Å²) in [5.74, 6) is -0.0774. The van der Waals surface area contributed by atoms with Crippen LogP contribution in [0, 0.1) is 0 Å². The molecule has 0 bridgehead atoms.